The second-order valence-electron chi connectivity index (χ2n) is 6.14. The molecule has 1 aromatic rings. The van der Waals surface area contributed by atoms with Gasteiger partial charge in [-0.2, -0.15) is 0 Å². The molecule has 0 radical (unpaired) electrons. The van der Waals surface area contributed by atoms with Crippen LogP contribution >= 0.6 is 0 Å². The Morgan fingerprint density at radius 3 is 2.60 bits per heavy atom. The summed E-state index contributed by atoms with van der Waals surface area (Å²) in [6.45, 7) is 2.65. The molecule has 3 rings (SSSR count). The lowest BCUT2D eigenvalue weighted by atomic mass is 9.81. The van der Waals surface area contributed by atoms with E-state index in [0.717, 1.165) is 45.0 Å². The van der Waals surface area contributed by atoms with Crippen LogP contribution in [-0.2, 0) is 0 Å². The lowest BCUT2D eigenvalue weighted by molar-refractivity contribution is 0.246. The van der Waals surface area contributed by atoms with E-state index in [0.29, 0.717) is 5.69 Å². The minimum Gasteiger partial charge on any atom is -0.367 e. The third kappa shape index (κ3) is 2.80. The number of hydrogen-bond acceptors (Lipinski definition) is 2. The van der Waals surface area contributed by atoms with E-state index >= 15 is 0 Å². The molecular weight excluding hydrogens is 258 g/mol. The van der Waals surface area contributed by atoms with Gasteiger partial charge in [0, 0.05) is 24.7 Å². The van der Waals surface area contributed by atoms with Crippen molar-refractivity contribution in [3.05, 3.63) is 29.8 Å². The molecule has 1 saturated carbocycles. The van der Waals surface area contributed by atoms with Gasteiger partial charge in [-0.25, -0.2) is 8.78 Å². The van der Waals surface area contributed by atoms with Crippen molar-refractivity contribution in [1.82, 2.24) is 5.32 Å². The summed E-state index contributed by atoms with van der Waals surface area (Å²) in [7, 11) is 0. The van der Waals surface area contributed by atoms with Gasteiger partial charge >= 0.3 is 0 Å². The van der Waals surface area contributed by atoms with Crippen LogP contribution in [0.1, 0.15) is 38.5 Å². The highest BCUT2D eigenvalue weighted by Gasteiger charge is 2.35. The first-order chi connectivity index (χ1) is 9.69. The third-order valence-corrected chi connectivity index (χ3v) is 4.66. The number of benzene rings is 1. The van der Waals surface area contributed by atoms with Gasteiger partial charge in [-0.15, -0.1) is 0 Å². The van der Waals surface area contributed by atoms with Crippen LogP contribution in [0.5, 0.6) is 0 Å². The van der Waals surface area contributed by atoms with Crippen molar-refractivity contribution >= 4 is 5.69 Å². The molecule has 20 heavy (non-hydrogen) atoms. The first-order valence-electron chi connectivity index (χ1n) is 7.64. The Morgan fingerprint density at radius 2 is 1.85 bits per heavy atom. The van der Waals surface area contributed by atoms with E-state index in [4.69, 9.17) is 0 Å². The smallest absolute Gasteiger partial charge is 0.149 e. The van der Waals surface area contributed by atoms with Gasteiger partial charge in [-0.05, 0) is 37.9 Å². The second kappa shape index (κ2) is 5.68. The van der Waals surface area contributed by atoms with Crippen molar-refractivity contribution in [1.29, 1.82) is 0 Å². The Hall–Kier alpha value is -1.16. The molecule has 2 aliphatic rings. The number of rotatable bonds is 1. The monoisotopic (exact) mass is 280 g/mol. The van der Waals surface area contributed by atoms with Gasteiger partial charge in [0.25, 0.3) is 0 Å². The zero-order valence-corrected chi connectivity index (χ0v) is 11.8. The van der Waals surface area contributed by atoms with Crippen molar-refractivity contribution in [2.45, 2.75) is 44.1 Å². The molecule has 1 aromatic carbocycles. The zero-order chi connectivity index (χ0) is 14.0. The van der Waals surface area contributed by atoms with Gasteiger partial charge in [0.15, 0.2) is 0 Å². The lowest BCUT2D eigenvalue weighted by Gasteiger charge is -2.40. The molecule has 1 spiro atoms. The van der Waals surface area contributed by atoms with Crippen molar-refractivity contribution in [2.24, 2.45) is 0 Å². The van der Waals surface area contributed by atoms with Crippen molar-refractivity contribution in [2.75, 3.05) is 24.5 Å². The summed E-state index contributed by atoms with van der Waals surface area (Å²) in [6, 6.07) is 3.91. The van der Waals surface area contributed by atoms with E-state index in [2.05, 4.69) is 10.2 Å². The molecule has 1 saturated heterocycles. The summed E-state index contributed by atoms with van der Waals surface area (Å²) in [5, 5.41) is 3.69. The summed E-state index contributed by atoms with van der Waals surface area (Å²) < 4.78 is 27.1. The molecule has 4 heteroatoms. The molecular formula is C16H22F2N2. The van der Waals surface area contributed by atoms with Gasteiger partial charge in [-0.3, -0.25) is 0 Å². The van der Waals surface area contributed by atoms with Crippen molar-refractivity contribution < 1.29 is 8.78 Å². The van der Waals surface area contributed by atoms with E-state index in [1.165, 1.54) is 25.3 Å². The highest BCUT2D eigenvalue weighted by atomic mass is 19.1. The molecule has 2 nitrogen and oxygen atoms in total. The molecule has 1 aliphatic carbocycles. The fourth-order valence-electron chi connectivity index (χ4n) is 3.63. The predicted molar refractivity (Wildman–Crippen MR) is 77.0 cm³/mol. The number of nitrogens with one attached hydrogen (secondary N) is 1. The van der Waals surface area contributed by atoms with Crippen molar-refractivity contribution in [3.8, 4) is 0 Å². The summed E-state index contributed by atoms with van der Waals surface area (Å²) in [5.74, 6) is -0.954. The van der Waals surface area contributed by atoms with E-state index in [9.17, 15) is 8.78 Å². The van der Waals surface area contributed by atoms with Crippen LogP contribution in [0.2, 0.25) is 0 Å². The van der Waals surface area contributed by atoms with E-state index in [1.807, 2.05) is 0 Å². The Morgan fingerprint density at radius 1 is 1.05 bits per heavy atom. The summed E-state index contributed by atoms with van der Waals surface area (Å²) in [4.78, 5) is 2.10. The molecule has 0 atom stereocenters. The minimum atomic E-state index is -0.508. The van der Waals surface area contributed by atoms with Gasteiger partial charge in [0.2, 0.25) is 0 Å². The molecule has 110 valence electrons. The number of anilines is 1. The van der Waals surface area contributed by atoms with E-state index in [-0.39, 0.29) is 5.54 Å². The van der Waals surface area contributed by atoms with Crippen LogP contribution in [0, 0.1) is 11.6 Å². The highest BCUT2D eigenvalue weighted by Crippen LogP contribution is 2.32. The number of hydrogen-bond donors (Lipinski definition) is 1. The van der Waals surface area contributed by atoms with Gasteiger partial charge in [-0.1, -0.05) is 19.3 Å². The predicted octanol–water partition coefficient (Wildman–Crippen LogP) is 3.47. The third-order valence-electron chi connectivity index (χ3n) is 4.66. The summed E-state index contributed by atoms with van der Waals surface area (Å²) >= 11 is 0. The molecule has 2 fully saturated rings. The van der Waals surface area contributed by atoms with Crippen LogP contribution < -0.4 is 10.2 Å². The molecule has 0 aromatic heterocycles. The van der Waals surface area contributed by atoms with Crippen LogP contribution in [-0.4, -0.2) is 25.2 Å². The topological polar surface area (TPSA) is 15.3 Å². The fraction of sp³-hybridized carbons (Fsp3) is 0.625. The van der Waals surface area contributed by atoms with Gasteiger partial charge in [0.1, 0.15) is 11.6 Å². The van der Waals surface area contributed by atoms with Gasteiger partial charge < -0.3 is 10.2 Å². The molecule has 1 aliphatic heterocycles. The average Bonchev–Trinajstić information content (AvgIpc) is 2.63. The van der Waals surface area contributed by atoms with Gasteiger partial charge in [0.05, 0.1) is 5.69 Å². The molecule has 0 unspecified atom stereocenters. The minimum absolute atomic E-state index is 0.121. The molecule has 1 heterocycles. The number of nitrogens with zero attached hydrogens (tertiary/aromatic N) is 1. The normalized spacial score (nSPS) is 22.8. The van der Waals surface area contributed by atoms with Crippen LogP contribution in [0.15, 0.2) is 18.2 Å². The molecule has 1 N–H and O–H groups in total. The second-order valence-corrected chi connectivity index (χ2v) is 6.14. The SMILES string of the molecule is Fc1ccc(N2CCCNC3(CCCCC3)C2)c(F)c1. The zero-order valence-electron chi connectivity index (χ0n) is 11.8. The Labute approximate surface area is 119 Å². The maximum atomic E-state index is 14.0. The quantitative estimate of drug-likeness (QED) is 0.847. The van der Waals surface area contributed by atoms with E-state index < -0.39 is 11.6 Å². The van der Waals surface area contributed by atoms with E-state index in [1.54, 1.807) is 6.07 Å². The maximum absolute atomic E-state index is 14.0. The maximum Gasteiger partial charge on any atom is 0.149 e. The highest BCUT2D eigenvalue weighted by molar-refractivity contribution is 5.48. The largest absolute Gasteiger partial charge is 0.367 e. The summed E-state index contributed by atoms with van der Waals surface area (Å²) in [6.07, 6.45) is 7.10. The summed E-state index contributed by atoms with van der Waals surface area (Å²) in [5.41, 5.74) is 0.662. The number of halogens is 2. The molecule has 0 amide bonds. The first kappa shape index (κ1) is 13.8. The molecule has 0 bridgehead atoms. The van der Waals surface area contributed by atoms with Crippen LogP contribution in [0.3, 0.4) is 0 Å². The Balaban J connectivity index is 1.84. The first-order valence-corrected chi connectivity index (χ1v) is 7.64. The Bertz CT molecular complexity index is 470. The van der Waals surface area contributed by atoms with Crippen LogP contribution in [0.25, 0.3) is 0 Å². The Kier molecular flexibility index (Phi) is 3.92. The standard InChI is InChI=1S/C16H22F2N2/c17-13-5-6-15(14(18)11-13)20-10-4-9-19-16(12-20)7-2-1-3-8-16/h5-6,11,19H,1-4,7-10,12H2. The fourth-order valence-corrected chi connectivity index (χ4v) is 3.63. The van der Waals surface area contributed by atoms with Crippen molar-refractivity contribution in [3.63, 3.8) is 0 Å². The lowest BCUT2D eigenvalue weighted by Crippen LogP contribution is -2.52. The van der Waals surface area contributed by atoms with Crippen LogP contribution in [0.4, 0.5) is 14.5 Å². The average molecular weight is 280 g/mol.